The van der Waals surface area contributed by atoms with Crippen LogP contribution in [-0.2, 0) is 0 Å². The van der Waals surface area contributed by atoms with Gasteiger partial charge in [0, 0.05) is 10.9 Å². The minimum absolute atomic E-state index is 0.235. The van der Waals surface area contributed by atoms with Crippen LogP contribution in [0.5, 0.6) is 0 Å². The second-order valence-electron chi connectivity index (χ2n) is 2.23. The third kappa shape index (κ3) is 1.43. The van der Waals surface area contributed by atoms with Gasteiger partial charge in [-0.15, -0.1) is 10.2 Å². The van der Waals surface area contributed by atoms with Crippen molar-refractivity contribution in [3.05, 3.63) is 22.7 Å². The molecule has 0 bridgehead atoms. The molecule has 1 N–H and O–H groups in total. The number of hydrogen-bond donors (Lipinski definition) is 1. The lowest BCUT2D eigenvalue weighted by molar-refractivity contribution is 0.0654. The van der Waals surface area contributed by atoms with E-state index in [1.165, 1.54) is 11.3 Å². The minimum atomic E-state index is -1.21. The molecule has 6 heteroatoms. The molecule has 0 atom stereocenters. The van der Waals surface area contributed by atoms with Crippen LogP contribution in [0.3, 0.4) is 0 Å². The molecule has 66 valence electrons. The SMILES string of the molecule is O=C(O)c1nnc(-c2ccsc2)o1. The topological polar surface area (TPSA) is 76.2 Å². The summed E-state index contributed by atoms with van der Waals surface area (Å²) < 4.78 is 4.87. The van der Waals surface area contributed by atoms with Crippen molar-refractivity contribution >= 4 is 17.3 Å². The van der Waals surface area contributed by atoms with Gasteiger partial charge in [-0.2, -0.15) is 11.3 Å². The second kappa shape index (κ2) is 2.98. The van der Waals surface area contributed by atoms with Crippen LogP contribution in [-0.4, -0.2) is 21.3 Å². The van der Waals surface area contributed by atoms with E-state index < -0.39 is 5.97 Å². The first-order valence-corrected chi connectivity index (χ1v) is 4.31. The fourth-order valence-corrected chi connectivity index (χ4v) is 1.44. The van der Waals surface area contributed by atoms with Crippen LogP contribution in [0.2, 0.25) is 0 Å². The zero-order chi connectivity index (χ0) is 9.26. The van der Waals surface area contributed by atoms with Gasteiger partial charge in [0.2, 0.25) is 5.89 Å². The Bertz CT molecular complexity index is 421. The maximum absolute atomic E-state index is 10.4. The molecule has 0 amide bonds. The first kappa shape index (κ1) is 7.93. The lowest BCUT2D eigenvalue weighted by atomic mass is 10.3. The number of carboxylic acid groups (broad SMARTS) is 1. The second-order valence-corrected chi connectivity index (χ2v) is 3.01. The predicted molar refractivity (Wildman–Crippen MR) is 44.6 cm³/mol. The van der Waals surface area contributed by atoms with E-state index >= 15 is 0 Å². The molecule has 0 aliphatic rings. The number of aromatic nitrogens is 2. The number of thiophene rings is 1. The van der Waals surface area contributed by atoms with Gasteiger partial charge < -0.3 is 9.52 Å². The summed E-state index contributed by atoms with van der Waals surface area (Å²) in [6, 6.07) is 1.78. The molecule has 5 nitrogen and oxygen atoms in total. The molecule has 2 aromatic heterocycles. The number of nitrogens with zero attached hydrogens (tertiary/aromatic N) is 2. The van der Waals surface area contributed by atoms with Gasteiger partial charge in [-0.25, -0.2) is 4.79 Å². The van der Waals surface area contributed by atoms with Gasteiger partial charge in [-0.3, -0.25) is 0 Å². The minimum Gasteiger partial charge on any atom is -0.474 e. The standard InChI is InChI=1S/C7H4N2O3S/c10-7(11)6-9-8-5(12-6)4-1-2-13-3-4/h1-3H,(H,10,11). The Morgan fingerprint density at radius 3 is 2.92 bits per heavy atom. The molecule has 0 aliphatic heterocycles. The molecule has 2 rings (SSSR count). The van der Waals surface area contributed by atoms with E-state index in [1.54, 1.807) is 11.4 Å². The van der Waals surface area contributed by atoms with Crippen LogP contribution < -0.4 is 0 Å². The summed E-state index contributed by atoms with van der Waals surface area (Å²) in [7, 11) is 0. The van der Waals surface area contributed by atoms with Crippen LogP contribution >= 0.6 is 11.3 Å². The zero-order valence-electron chi connectivity index (χ0n) is 6.30. The monoisotopic (exact) mass is 196 g/mol. The summed E-state index contributed by atoms with van der Waals surface area (Å²) in [6.45, 7) is 0. The summed E-state index contributed by atoms with van der Waals surface area (Å²) in [5.74, 6) is -1.37. The summed E-state index contributed by atoms with van der Waals surface area (Å²) in [4.78, 5) is 10.4. The van der Waals surface area contributed by atoms with E-state index in [2.05, 4.69) is 10.2 Å². The lowest BCUT2D eigenvalue weighted by Gasteiger charge is -1.84. The van der Waals surface area contributed by atoms with E-state index in [-0.39, 0.29) is 11.8 Å². The smallest absolute Gasteiger partial charge is 0.393 e. The summed E-state index contributed by atoms with van der Waals surface area (Å²) in [5.41, 5.74) is 0.741. The fourth-order valence-electron chi connectivity index (χ4n) is 0.812. The number of carboxylic acids is 1. The van der Waals surface area contributed by atoms with Crippen LogP contribution in [0.25, 0.3) is 11.5 Å². The van der Waals surface area contributed by atoms with Gasteiger partial charge in [0.25, 0.3) is 0 Å². The Kier molecular flexibility index (Phi) is 1.82. The van der Waals surface area contributed by atoms with E-state index in [1.807, 2.05) is 5.38 Å². The first-order valence-electron chi connectivity index (χ1n) is 3.37. The van der Waals surface area contributed by atoms with Gasteiger partial charge in [-0.05, 0) is 11.4 Å². The number of aromatic carboxylic acids is 1. The highest BCUT2D eigenvalue weighted by atomic mass is 32.1. The van der Waals surface area contributed by atoms with Crippen molar-refractivity contribution in [2.24, 2.45) is 0 Å². The van der Waals surface area contributed by atoms with Gasteiger partial charge in [0.05, 0.1) is 0 Å². The Hall–Kier alpha value is -1.69. The van der Waals surface area contributed by atoms with Crippen molar-refractivity contribution in [1.82, 2.24) is 10.2 Å². The first-order chi connectivity index (χ1) is 6.27. The largest absolute Gasteiger partial charge is 0.474 e. The van der Waals surface area contributed by atoms with Gasteiger partial charge in [0.15, 0.2) is 0 Å². The molecule has 0 aliphatic carbocycles. The van der Waals surface area contributed by atoms with Crippen molar-refractivity contribution in [1.29, 1.82) is 0 Å². The van der Waals surface area contributed by atoms with Crippen molar-refractivity contribution in [2.45, 2.75) is 0 Å². The molecule has 13 heavy (non-hydrogen) atoms. The normalized spacial score (nSPS) is 10.2. The van der Waals surface area contributed by atoms with E-state index in [0.717, 1.165) is 5.56 Å². The molecule has 0 radical (unpaired) electrons. The Morgan fingerprint density at radius 2 is 2.38 bits per heavy atom. The highest BCUT2D eigenvalue weighted by Crippen LogP contribution is 2.20. The Balaban J connectivity index is 2.39. The van der Waals surface area contributed by atoms with Crippen LogP contribution in [0.1, 0.15) is 10.7 Å². The number of carbonyl (C=O) groups is 1. The van der Waals surface area contributed by atoms with E-state index in [4.69, 9.17) is 9.52 Å². The molecule has 0 saturated carbocycles. The molecule has 0 fully saturated rings. The maximum atomic E-state index is 10.4. The van der Waals surface area contributed by atoms with Gasteiger partial charge >= 0.3 is 11.9 Å². The molecular weight excluding hydrogens is 192 g/mol. The summed E-state index contributed by atoms with van der Waals surface area (Å²) in [5, 5.41) is 19.1. The molecule has 0 aromatic carbocycles. The molecular formula is C7H4N2O3S. The molecule has 0 spiro atoms. The molecule has 0 unspecified atom stereocenters. The van der Waals surface area contributed by atoms with Crippen LogP contribution in [0, 0.1) is 0 Å². The van der Waals surface area contributed by atoms with Crippen LogP contribution in [0.4, 0.5) is 0 Å². The lowest BCUT2D eigenvalue weighted by Crippen LogP contribution is -1.95. The van der Waals surface area contributed by atoms with E-state index in [0.29, 0.717) is 0 Å². The van der Waals surface area contributed by atoms with Gasteiger partial charge in [0.1, 0.15) is 0 Å². The van der Waals surface area contributed by atoms with Crippen molar-refractivity contribution in [3.63, 3.8) is 0 Å². The van der Waals surface area contributed by atoms with Crippen molar-refractivity contribution in [2.75, 3.05) is 0 Å². The number of rotatable bonds is 2. The number of hydrogen-bond acceptors (Lipinski definition) is 5. The quantitative estimate of drug-likeness (QED) is 0.787. The Labute approximate surface area is 76.7 Å². The molecule has 2 aromatic rings. The average molecular weight is 196 g/mol. The highest BCUT2D eigenvalue weighted by molar-refractivity contribution is 7.08. The van der Waals surface area contributed by atoms with E-state index in [9.17, 15) is 4.79 Å². The fraction of sp³-hybridized carbons (Fsp3) is 0. The summed E-state index contributed by atoms with van der Waals surface area (Å²) in [6.07, 6.45) is 0. The Morgan fingerprint density at radius 1 is 1.54 bits per heavy atom. The third-order valence-corrected chi connectivity index (χ3v) is 2.06. The maximum Gasteiger partial charge on any atom is 0.393 e. The van der Waals surface area contributed by atoms with Crippen molar-refractivity contribution in [3.8, 4) is 11.5 Å². The summed E-state index contributed by atoms with van der Waals surface area (Å²) >= 11 is 1.48. The van der Waals surface area contributed by atoms with Crippen molar-refractivity contribution < 1.29 is 14.3 Å². The zero-order valence-corrected chi connectivity index (χ0v) is 7.11. The van der Waals surface area contributed by atoms with Crippen LogP contribution in [0.15, 0.2) is 21.2 Å². The highest BCUT2D eigenvalue weighted by Gasteiger charge is 2.13. The predicted octanol–water partition coefficient (Wildman–Crippen LogP) is 1.50. The third-order valence-electron chi connectivity index (χ3n) is 1.38. The molecule has 2 heterocycles. The average Bonchev–Trinajstić information content (AvgIpc) is 2.75. The molecule has 0 saturated heterocycles. The van der Waals surface area contributed by atoms with Gasteiger partial charge in [-0.1, -0.05) is 0 Å².